The number of aliphatic hydroxyl groups is 1. The largest absolute Gasteiger partial charge is 0.481 e. The molecule has 0 aliphatic rings. The molecule has 2 atom stereocenters. The van der Waals surface area contributed by atoms with E-state index in [9.17, 15) is 13.9 Å². The van der Waals surface area contributed by atoms with Crippen molar-refractivity contribution < 1.29 is 42.5 Å². The lowest BCUT2D eigenvalue weighted by atomic mass is 10.2. The minimum atomic E-state index is -5.20. The Balaban J connectivity index is 4.30. The van der Waals surface area contributed by atoms with Gasteiger partial charge in [-0.3, -0.25) is 9.32 Å². The van der Waals surface area contributed by atoms with E-state index in [2.05, 4.69) is 15.4 Å². The predicted molar refractivity (Wildman–Crippen MR) is 50.1 cm³/mol. The highest BCUT2D eigenvalue weighted by molar-refractivity contribution is 7.60. The van der Waals surface area contributed by atoms with Crippen molar-refractivity contribution in [1.82, 2.24) is 0 Å². The molecular weight excluding hydrogens is 266 g/mol. The number of hydrogen-bond acceptors (Lipinski definition) is 6. The van der Waals surface area contributed by atoms with E-state index in [4.69, 9.17) is 19.8 Å². The molecular formula is C5H10O9P2. The molecule has 16 heavy (non-hydrogen) atoms. The molecule has 0 saturated heterocycles. The molecule has 0 rings (SSSR count). The van der Waals surface area contributed by atoms with Gasteiger partial charge in [0.2, 0.25) is 0 Å². The maximum atomic E-state index is 10.8. The summed E-state index contributed by atoms with van der Waals surface area (Å²) in [6.07, 6.45) is -1.02. The van der Waals surface area contributed by atoms with Crippen LogP contribution in [0.25, 0.3) is 0 Å². The average molecular weight is 276 g/mol. The van der Waals surface area contributed by atoms with Gasteiger partial charge in [-0.25, -0.2) is 9.13 Å². The first-order valence-electron chi connectivity index (χ1n) is 3.66. The van der Waals surface area contributed by atoms with E-state index >= 15 is 0 Å². The molecule has 0 fully saturated rings. The van der Waals surface area contributed by atoms with Crippen molar-refractivity contribution in [1.29, 1.82) is 0 Å². The van der Waals surface area contributed by atoms with Crippen molar-refractivity contribution in [2.75, 3.05) is 6.61 Å². The molecule has 9 nitrogen and oxygen atoms in total. The fourth-order valence-corrected chi connectivity index (χ4v) is 2.13. The SMILES string of the molecule is C=CC(=O)C(O)COP(=O)(O)OP(=O)(O)O. The number of ketones is 1. The Morgan fingerprint density at radius 3 is 2.25 bits per heavy atom. The zero-order chi connectivity index (χ0) is 13.0. The van der Waals surface area contributed by atoms with Gasteiger partial charge in [0.25, 0.3) is 0 Å². The van der Waals surface area contributed by atoms with E-state index < -0.39 is 34.1 Å². The molecule has 0 spiro atoms. The molecule has 0 aromatic carbocycles. The normalized spacial score (nSPS) is 17.5. The first kappa shape index (κ1) is 15.6. The molecule has 11 heteroatoms. The van der Waals surface area contributed by atoms with Crippen molar-refractivity contribution >= 4 is 21.4 Å². The lowest BCUT2D eigenvalue weighted by molar-refractivity contribution is -0.123. The van der Waals surface area contributed by atoms with Gasteiger partial charge in [0.1, 0.15) is 6.10 Å². The van der Waals surface area contributed by atoms with Gasteiger partial charge in [-0.2, -0.15) is 4.31 Å². The van der Waals surface area contributed by atoms with E-state index in [1.807, 2.05) is 0 Å². The van der Waals surface area contributed by atoms with E-state index in [1.165, 1.54) is 0 Å². The quantitative estimate of drug-likeness (QED) is 0.350. The van der Waals surface area contributed by atoms with Crippen LogP contribution in [0.4, 0.5) is 0 Å². The van der Waals surface area contributed by atoms with Gasteiger partial charge in [-0.15, -0.1) is 0 Å². The molecule has 0 aliphatic carbocycles. The fraction of sp³-hybridized carbons (Fsp3) is 0.400. The summed E-state index contributed by atoms with van der Waals surface area (Å²) in [4.78, 5) is 35.8. The van der Waals surface area contributed by atoms with Crippen molar-refractivity contribution in [2.45, 2.75) is 6.10 Å². The highest BCUT2D eigenvalue weighted by atomic mass is 31.3. The lowest BCUT2D eigenvalue weighted by Crippen LogP contribution is -2.23. The molecule has 0 heterocycles. The second-order valence-electron chi connectivity index (χ2n) is 2.46. The summed E-state index contributed by atoms with van der Waals surface area (Å²) in [6, 6.07) is 0. The first-order chi connectivity index (χ1) is 7.07. The summed E-state index contributed by atoms with van der Waals surface area (Å²) in [5.41, 5.74) is 0. The second kappa shape index (κ2) is 5.81. The molecule has 0 saturated carbocycles. The minimum absolute atomic E-state index is 0.750. The number of phosphoric ester groups is 1. The van der Waals surface area contributed by atoms with Crippen molar-refractivity contribution in [2.24, 2.45) is 0 Å². The Morgan fingerprint density at radius 1 is 1.38 bits per heavy atom. The Labute approximate surface area is 90.2 Å². The Hall–Kier alpha value is -0.370. The highest BCUT2D eigenvalue weighted by Crippen LogP contribution is 2.57. The summed E-state index contributed by atoms with van der Waals surface area (Å²) >= 11 is 0. The van der Waals surface area contributed by atoms with Crippen LogP contribution in [0.5, 0.6) is 0 Å². The Bertz CT molecular complexity index is 357. The highest BCUT2D eigenvalue weighted by Gasteiger charge is 2.33. The average Bonchev–Trinajstić information content (AvgIpc) is 2.09. The fourth-order valence-electron chi connectivity index (χ4n) is 0.541. The maximum absolute atomic E-state index is 10.8. The van der Waals surface area contributed by atoms with Gasteiger partial charge in [0.05, 0.1) is 6.61 Å². The molecule has 0 aromatic rings. The molecule has 0 aromatic heterocycles. The molecule has 0 radical (unpaired) electrons. The van der Waals surface area contributed by atoms with E-state index in [0.717, 1.165) is 6.08 Å². The van der Waals surface area contributed by atoms with Crippen LogP contribution in [0.15, 0.2) is 12.7 Å². The standard InChI is InChI=1S/C5H10O9P2/c1-2-4(6)5(7)3-13-16(11,12)14-15(8,9)10/h2,5,7H,1,3H2,(H,11,12)(H2,8,9,10). The first-order valence-corrected chi connectivity index (χ1v) is 6.68. The summed E-state index contributed by atoms with van der Waals surface area (Å²) in [6.45, 7) is 2.07. The lowest BCUT2D eigenvalue weighted by Gasteiger charge is -2.13. The Kier molecular flexibility index (Phi) is 5.67. The number of aliphatic hydroxyl groups excluding tert-OH is 1. The van der Waals surface area contributed by atoms with Crippen LogP contribution in [-0.2, 0) is 22.8 Å². The smallest absolute Gasteiger partial charge is 0.382 e. The van der Waals surface area contributed by atoms with Gasteiger partial charge >= 0.3 is 15.6 Å². The Morgan fingerprint density at radius 2 is 1.88 bits per heavy atom. The van der Waals surface area contributed by atoms with Crippen LogP contribution in [-0.4, -0.2) is 38.3 Å². The number of carbonyl (C=O) groups is 1. The third kappa shape index (κ3) is 7.00. The zero-order valence-electron chi connectivity index (χ0n) is 7.79. The zero-order valence-corrected chi connectivity index (χ0v) is 9.58. The molecule has 0 amide bonds. The third-order valence-electron chi connectivity index (χ3n) is 1.13. The van der Waals surface area contributed by atoms with Crippen molar-refractivity contribution in [3.8, 4) is 0 Å². The van der Waals surface area contributed by atoms with Crippen LogP contribution in [0.2, 0.25) is 0 Å². The summed E-state index contributed by atoms with van der Waals surface area (Å²) in [7, 11) is -10.2. The molecule has 0 aliphatic heterocycles. The summed E-state index contributed by atoms with van der Waals surface area (Å²) in [5.74, 6) is -0.879. The van der Waals surface area contributed by atoms with Crippen LogP contribution in [0, 0.1) is 0 Å². The van der Waals surface area contributed by atoms with E-state index in [-0.39, 0.29) is 0 Å². The maximum Gasteiger partial charge on any atom is 0.481 e. The minimum Gasteiger partial charge on any atom is -0.382 e. The predicted octanol–water partition coefficient (Wildman–Crippen LogP) is -0.671. The third-order valence-corrected chi connectivity index (χ3v) is 3.29. The topological polar surface area (TPSA) is 151 Å². The number of phosphoric acid groups is 2. The molecule has 4 N–H and O–H groups in total. The summed E-state index contributed by atoms with van der Waals surface area (Å²) < 4.78 is 28.4. The molecule has 0 bridgehead atoms. The van der Waals surface area contributed by atoms with E-state index in [1.54, 1.807) is 0 Å². The van der Waals surface area contributed by atoms with Crippen LogP contribution >= 0.6 is 15.6 Å². The van der Waals surface area contributed by atoms with E-state index in [0.29, 0.717) is 0 Å². The second-order valence-corrected chi connectivity index (χ2v) is 5.29. The molecule has 2 unspecified atom stereocenters. The van der Waals surface area contributed by atoms with Gasteiger partial charge in [0.15, 0.2) is 5.78 Å². The van der Waals surface area contributed by atoms with Crippen LogP contribution < -0.4 is 0 Å². The number of carbonyl (C=O) groups excluding carboxylic acids is 1. The van der Waals surface area contributed by atoms with Gasteiger partial charge in [-0.1, -0.05) is 6.58 Å². The van der Waals surface area contributed by atoms with Gasteiger partial charge < -0.3 is 19.8 Å². The van der Waals surface area contributed by atoms with Crippen LogP contribution in [0.3, 0.4) is 0 Å². The molecule has 94 valence electrons. The number of hydrogen-bond donors (Lipinski definition) is 4. The number of rotatable bonds is 7. The van der Waals surface area contributed by atoms with Gasteiger partial charge in [0, 0.05) is 0 Å². The van der Waals surface area contributed by atoms with Crippen molar-refractivity contribution in [3.63, 3.8) is 0 Å². The monoisotopic (exact) mass is 276 g/mol. The van der Waals surface area contributed by atoms with Crippen molar-refractivity contribution in [3.05, 3.63) is 12.7 Å². The summed E-state index contributed by atoms with van der Waals surface area (Å²) in [5, 5.41) is 8.95. The van der Waals surface area contributed by atoms with Crippen LogP contribution in [0.1, 0.15) is 0 Å². The van der Waals surface area contributed by atoms with Gasteiger partial charge in [-0.05, 0) is 6.08 Å².